The van der Waals surface area contributed by atoms with E-state index in [-0.39, 0.29) is 11.9 Å². The number of thiocarbonyl (C=S) groups is 1. The molecule has 5 rings (SSSR count). The molecular formula is C28H29N3O2S. The lowest BCUT2D eigenvalue weighted by Crippen LogP contribution is -2.72. The minimum atomic E-state index is -1.02. The van der Waals surface area contributed by atoms with Crippen LogP contribution in [-0.4, -0.2) is 16.7 Å². The highest BCUT2D eigenvalue weighted by Crippen LogP contribution is 2.49. The average Bonchev–Trinajstić information content (AvgIpc) is 2.80. The number of benzene rings is 3. The van der Waals surface area contributed by atoms with Crippen molar-refractivity contribution in [1.29, 1.82) is 0 Å². The summed E-state index contributed by atoms with van der Waals surface area (Å²) in [5.74, 6) is 0.0931. The predicted molar refractivity (Wildman–Crippen MR) is 140 cm³/mol. The zero-order valence-corrected chi connectivity index (χ0v) is 20.7. The van der Waals surface area contributed by atoms with E-state index in [1.807, 2.05) is 74.2 Å². The van der Waals surface area contributed by atoms with E-state index < -0.39 is 11.6 Å². The quantitative estimate of drug-likeness (QED) is 0.481. The summed E-state index contributed by atoms with van der Waals surface area (Å²) >= 11 is 5.83. The SMILES string of the molecule is CCc1ccc(N2C(=S)N[C@H]3c4ccccc4O[C@]2(C)[C@@H]3C(=O)Nc2ccc(C)cc2C)cc1. The number of amides is 1. The van der Waals surface area contributed by atoms with Crippen LogP contribution in [0.2, 0.25) is 0 Å². The van der Waals surface area contributed by atoms with Crippen LogP contribution in [0.25, 0.3) is 0 Å². The summed E-state index contributed by atoms with van der Waals surface area (Å²) in [4.78, 5) is 15.9. The lowest BCUT2D eigenvalue weighted by atomic mass is 9.78. The number of fused-ring (bicyclic) bond motifs is 4. The number of para-hydroxylation sites is 1. The fourth-order valence-corrected chi connectivity index (χ4v) is 5.58. The lowest BCUT2D eigenvalue weighted by Gasteiger charge is -2.56. The van der Waals surface area contributed by atoms with Gasteiger partial charge in [-0.05, 0) is 74.8 Å². The van der Waals surface area contributed by atoms with Gasteiger partial charge in [-0.3, -0.25) is 9.69 Å². The van der Waals surface area contributed by atoms with Crippen molar-refractivity contribution in [2.45, 2.75) is 45.9 Å². The van der Waals surface area contributed by atoms with Crippen molar-refractivity contribution in [2.75, 3.05) is 10.2 Å². The molecule has 2 heterocycles. The number of anilines is 2. The third-order valence-electron chi connectivity index (χ3n) is 6.93. The highest BCUT2D eigenvalue weighted by atomic mass is 32.1. The first-order valence-electron chi connectivity index (χ1n) is 11.7. The Hall–Kier alpha value is -3.38. The van der Waals surface area contributed by atoms with Crippen LogP contribution in [0.1, 0.15) is 42.1 Å². The number of aryl methyl sites for hydroxylation is 3. The highest BCUT2D eigenvalue weighted by Gasteiger charge is 2.59. The second-order valence-electron chi connectivity index (χ2n) is 9.26. The molecule has 3 aromatic carbocycles. The largest absolute Gasteiger partial charge is 0.467 e. The molecule has 0 saturated carbocycles. The maximum absolute atomic E-state index is 13.9. The maximum atomic E-state index is 13.9. The number of rotatable bonds is 4. The molecule has 1 fully saturated rings. The van der Waals surface area contributed by atoms with Crippen molar-refractivity contribution in [2.24, 2.45) is 5.92 Å². The van der Waals surface area contributed by atoms with Crippen LogP contribution < -0.4 is 20.3 Å². The van der Waals surface area contributed by atoms with Gasteiger partial charge in [0.2, 0.25) is 5.91 Å². The normalized spacial score (nSPS) is 22.9. The van der Waals surface area contributed by atoms with Crippen LogP contribution in [0.5, 0.6) is 5.75 Å². The molecule has 0 radical (unpaired) electrons. The van der Waals surface area contributed by atoms with Crippen molar-refractivity contribution in [3.63, 3.8) is 0 Å². The number of carbonyl (C=O) groups is 1. The first-order chi connectivity index (χ1) is 16.3. The molecule has 3 atom stereocenters. The lowest BCUT2D eigenvalue weighted by molar-refractivity contribution is -0.130. The van der Waals surface area contributed by atoms with Crippen molar-refractivity contribution in [3.05, 3.63) is 89.0 Å². The Morgan fingerprint density at radius 1 is 1.12 bits per heavy atom. The molecular weight excluding hydrogens is 442 g/mol. The van der Waals surface area contributed by atoms with Gasteiger partial charge in [0.1, 0.15) is 11.7 Å². The van der Waals surface area contributed by atoms with Gasteiger partial charge in [0.15, 0.2) is 10.8 Å². The second-order valence-corrected chi connectivity index (χ2v) is 9.65. The van der Waals surface area contributed by atoms with E-state index in [1.54, 1.807) is 0 Å². The number of hydrogen-bond donors (Lipinski definition) is 2. The van der Waals surface area contributed by atoms with Crippen LogP contribution in [0, 0.1) is 19.8 Å². The number of nitrogens with one attached hydrogen (secondary N) is 2. The zero-order valence-electron chi connectivity index (χ0n) is 19.9. The van der Waals surface area contributed by atoms with Crippen molar-refractivity contribution < 1.29 is 9.53 Å². The molecule has 34 heavy (non-hydrogen) atoms. The van der Waals surface area contributed by atoms with Crippen molar-refractivity contribution >= 4 is 34.6 Å². The molecule has 1 amide bonds. The standard InChI is InChI=1S/C28H29N3O2S/c1-5-19-11-13-20(14-12-19)31-27(34)30-25-21-8-6-7-9-23(21)33-28(31,4)24(25)26(32)29-22-15-10-17(2)16-18(22)3/h6-16,24-25H,5H2,1-4H3,(H,29,32)(H,30,34)/t24-,25-,28+/m0/s1. The predicted octanol–water partition coefficient (Wildman–Crippen LogP) is 5.67. The molecule has 0 spiro atoms. The van der Waals surface area contributed by atoms with Crippen LogP contribution >= 0.6 is 12.2 Å². The molecule has 3 aromatic rings. The molecule has 2 bridgehead atoms. The zero-order chi connectivity index (χ0) is 24.0. The Labute approximate surface area is 206 Å². The summed E-state index contributed by atoms with van der Waals surface area (Å²) in [5.41, 5.74) is 5.03. The third kappa shape index (κ3) is 3.62. The van der Waals surface area contributed by atoms with Crippen LogP contribution in [0.4, 0.5) is 11.4 Å². The number of nitrogens with zero attached hydrogens (tertiary/aromatic N) is 1. The first-order valence-corrected chi connectivity index (χ1v) is 12.1. The monoisotopic (exact) mass is 471 g/mol. The smallest absolute Gasteiger partial charge is 0.236 e. The fraction of sp³-hybridized carbons (Fsp3) is 0.286. The van der Waals surface area contributed by atoms with Crippen LogP contribution in [0.15, 0.2) is 66.7 Å². The van der Waals surface area contributed by atoms with Gasteiger partial charge in [0.05, 0.1) is 6.04 Å². The van der Waals surface area contributed by atoms with Gasteiger partial charge >= 0.3 is 0 Å². The summed E-state index contributed by atoms with van der Waals surface area (Å²) in [5, 5.41) is 7.17. The minimum Gasteiger partial charge on any atom is -0.467 e. The molecule has 174 valence electrons. The van der Waals surface area contributed by atoms with Crippen LogP contribution in [-0.2, 0) is 11.2 Å². The number of carbonyl (C=O) groups excluding carboxylic acids is 1. The van der Waals surface area contributed by atoms with Gasteiger partial charge in [-0.15, -0.1) is 0 Å². The Kier molecular flexibility index (Phi) is 5.56. The second kappa shape index (κ2) is 8.44. The molecule has 2 N–H and O–H groups in total. The average molecular weight is 472 g/mol. The molecule has 6 heteroatoms. The summed E-state index contributed by atoms with van der Waals surface area (Å²) in [6.45, 7) is 8.14. The molecule has 2 aliphatic rings. The van der Waals surface area contributed by atoms with Gasteiger partial charge in [0, 0.05) is 16.9 Å². The summed E-state index contributed by atoms with van der Waals surface area (Å²) in [7, 11) is 0. The van der Waals surface area contributed by atoms with E-state index in [1.165, 1.54) is 5.56 Å². The minimum absolute atomic E-state index is 0.112. The van der Waals surface area contributed by atoms with Gasteiger partial charge < -0.3 is 15.4 Å². The molecule has 1 saturated heterocycles. The van der Waals surface area contributed by atoms with Gasteiger partial charge in [-0.2, -0.15) is 0 Å². The van der Waals surface area contributed by atoms with Gasteiger partial charge in [-0.25, -0.2) is 0 Å². The molecule has 5 nitrogen and oxygen atoms in total. The summed E-state index contributed by atoms with van der Waals surface area (Å²) < 4.78 is 6.64. The van der Waals surface area contributed by atoms with E-state index in [9.17, 15) is 4.79 Å². The maximum Gasteiger partial charge on any atom is 0.236 e. The Balaban J connectivity index is 1.60. The Morgan fingerprint density at radius 3 is 2.56 bits per heavy atom. The van der Waals surface area contributed by atoms with E-state index in [4.69, 9.17) is 17.0 Å². The molecule has 0 aliphatic carbocycles. The number of ether oxygens (including phenoxy) is 1. The Morgan fingerprint density at radius 2 is 1.85 bits per heavy atom. The summed E-state index contributed by atoms with van der Waals surface area (Å²) in [6, 6.07) is 21.9. The van der Waals surface area contributed by atoms with E-state index in [0.29, 0.717) is 5.11 Å². The van der Waals surface area contributed by atoms with E-state index >= 15 is 0 Å². The number of hydrogen-bond acceptors (Lipinski definition) is 3. The van der Waals surface area contributed by atoms with Gasteiger partial charge in [0.25, 0.3) is 0 Å². The van der Waals surface area contributed by atoms with E-state index in [0.717, 1.165) is 40.2 Å². The fourth-order valence-electron chi connectivity index (χ4n) is 5.16. The highest BCUT2D eigenvalue weighted by molar-refractivity contribution is 7.80. The Bertz CT molecular complexity index is 1270. The molecule has 0 unspecified atom stereocenters. The molecule has 2 aliphatic heterocycles. The van der Waals surface area contributed by atoms with Crippen molar-refractivity contribution in [3.8, 4) is 5.75 Å². The topological polar surface area (TPSA) is 53.6 Å². The van der Waals surface area contributed by atoms with Gasteiger partial charge in [-0.1, -0.05) is 55.0 Å². The molecule has 0 aromatic heterocycles. The summed E-state index contributed by atoms with van der Waals surface area (Å²) in [6.07, 6.45) is 0.952. The van der Waals surface area contributed by atoms with Crippen LogP contribution in [0.3, 0.4) is 0 Å². The first kappa shape index (κ1) is 22.4. The third-order valence-corrected chi connectivity index (χ3v) is 7.23. The van der Waals surface area contributed by atoms with Crippen molar-refractivity contribution in [1.82, 2.24) is 5.32 Å². The van der Waals surface area contributed by atoms with E-state index in [2.05, 4.69) is 35.8 Å².